The molecule has 0 aromatic heterocycles. The summed E-state index contributed by atoms with van der Waals surface area (Å²) in [5, 5.41) is 2.79. The molecule has 0 radical (unpaired) electrons. The molecule has 7 nitrogen and oxygen atoms in total. The molecule has 1 heterocycles. The summed E-state index contributed by atoms with van der Waals surface area (Å²) >= 11 is 0. The molecule has 0 aliphatic carbocycles. The number of carbonyl (C=O) groups excluding carboxylic acids is 2. The predicted molar refractivity (Wildman–Crippen MR) is 101 cm³/mol. The summed E-state index contributed by atoms with van der Waals surface area (Å²) in [4.78, 5) is 27.8. The number of methoxy groups -OCH3 is 1. The van der Waals surface area contributed by atoms with Crippen LogP contribution in [0.1, 0.15) is 16.8 Å². The van der Waals surface area contributed by atoms with Crippen LogP contribution >= 0.6 is 0 Å². The number of hydrogen-bond acceptors (Lipinski definition) is 6. The van der Waals surface area contributed by atoms with Crippen LogP contribution in [0.5, 0.6) is 0 Å². The van der Waals surface area contributed by atoms with Crippen molar-refractivity contribution in [2.45, 2.75) is 12.6 Å². The van der Waals surface area contributed by atoms with E-state index < -0.39 is 18.8 Å². The second kappa shape index (κ2) is 11.1. The zero-order valence-electron chi connectivity index (χ0n) is 16.3. The SMILES string of the molecule is COC(=O)c1ccc(NC(=O)CN2CCN(CCCOCC(F)(F)F)CC2)cc1. The first-order chi connectivity index (χ1) is 13.8. The Balaban J connectivity index is 1.62. The third-order valence-electron chi connectivity index (χ3n) is 4.45. The number of carbonyl (C=O) groups is 2. The van der Waals surface area contributed by atoms with Crippen LogP contribution < -0.4 is 5.32 Å². The molecule has 1 aromatic carbocycles. The predicted octanol–water partition coefficient (Wildman–Crippen LogP) is 2.00. The van der Waals surface area contributed by atoms with Crippen LogP contribution in [0.4, 0.5) is 18.9 Å². The van der Waals surface area contributed by atoms with Crippen molar-refractivity contribution in [3.63, 3.8) is 0 Å². The fourth-order valence-electron chi connectivity index (χ4n) is 2.96. The van der Waals surface area contributed by atoms with E-state index in [1.807, 2.05) is 4.90 Å². The largest absolute Gasteiger partial charge is 0.465 e. The molecule has 2 rings (SSSR count). The summed E-state index contributed by atoms with van der Waals surface area (Å²) in [6.45, 7) is 2.71. The van der Waals surface area contributed by atoms with E-state index in [2.05, 4.69) is 19.7 Å². The van der Waals surface area contributed by atoms with Gasteiger partial charge in [0.1, 0.15) is 6.61 Å². The number of esters is 1. The highest BCUT2D eigenvalue weighted by Gasteiger charge is 2.27. The van der Waals surface area contributed by atoms with Crippen LogP contribution in [-0.4, -0.2) is 87.4 Å². The molecular formula is C19H26F3N3O4. The molecule has 1 aromatic rings. The van der Waals surface area contributed by atoms with E-state index in [-0.39, 0.29) is 19.1 Å². The Bertz CT molecular complexity index is 660. The van der Waals surface area contributed by atoms with Gasteiger partial charge in [0.05, 0.1) is 19.2 Å². The van der Waals surface area contributed by atoms with Crippen LogP contribution in [-0.2, 0) is 14.3 Å². The second-order valence-corrected chi connectivity index (χ2v) is 6.76. The average molecular weight is 417 g/mol. The highest BCUT2D eigenvalue weighted by atomic mass is 19.4. The smallest absolute Gasteiger partial charge is 0.411 e. The number of nitrogens with zero attached hydrogens (tertiary/aromatic N) is 2. The molecule has 1 aliphatic heterocycles. The number of rotatable bonds is 9. The van der Waals surface area contributed by atoms with Crippen molar-refractivity contribution in [3.8, 4) is 0 Å². The lowest BCUT2D eigenvalue weighted by Crippen LogP contribution is -2.48. The van der Waals surface area contributed by atoms with Gasteiger partial charge in [-0.25, -0.2) is 4.79 Å². The molecule has 0 saturated carbocycles. The lowest BCUT2D eigenvalue weighted by molar-refractivity contribution is -0.174. The molecule has 10 heteroatoms. The zero-order valence-corrected chi connectivity index (χ0v) is 16.3. The summed E-state index contributed by atoms with van der Waals surface area (Å²) in [6.07, 6.45) is -3.74. The molecule has 0 bridgehead atoms. The van der Waals surface area contributed by atoms with Gasteiger partial charge in [-0.1, -0.05) is 0 Å². The Kier molecular flexibility index (Phi) is 8.87. The number of benzene rings is 1. The number of ether oxygens (including phenoxy) is 2. The van der Waals surface area contributed by atoms with Gasteiger partial charge in [-0.3, -0.25) is 9.69 Å². The van der Waals surface area contributed by atoms with Gasteiger partial charge < -0.3 is 19.7 Å². The van der Waals surface area contributed by atoms with Crippen molar-refractivity contribution in [1.29, 1.82) is 0 Å². The van der Waals surface area contributed by atoms with Crippen molar-refractivity contribution in [1.82, 2.24) is 9.80 Å². The van der Waals surface area contributed by atoms with E-state index in [1.165, 1.54) is 7.11 Å². The summed E-state index contributed by atoms with van der Waals surface area (Å²) in [7, 11) is 1.31. The summed E-state index contributed by atoms with van der Waals surface area (Å²) in [6, 6.07) is 6.45. The number of halogens is 3. The molecule has 0 spiro atoms. The third kappa shape index (κ3) is 8.80. The van der Waals surface area contributed by atoms with Gasteiger partial charge in [0.25, 0.3) is 0 Å². The van der Waals surface area contributed by atoms with Crippen molar-refractivity contribution in [2.75, 3.05) is 64.9 Å². The topological polar surface area (TPSA) is 71.1 Å². The minimum Gasteiger partial charge on any atom is -0.465 e. The lowest BCUT2D eigenvalue weighted by Gasteiger charge is -2.34. The summed E-state index contributed by atoms with van der Waals surface area (Å²) in [5.74, 6) is -0.586. The average Bonchev–Trinajstić information content (AvgIpc) is 2.68. The summed E-state index contributed by atoms with van der Waals surface area (Å²) < 4.78 is 45.2. The first-order valence-corrected chi connectivity index (χ1v) is 9.34. The lowest BCUT2D eigenvalue weighted by atomic mass is 10.2. The van der Waals surface area contributed by atoms with E-state index in [9.17, 15) is 22.8 Å². The number of piperazine rings is 1. The Labute approximate surface area is 167 Å². The first-order valence-electron chi connectivity index (χ1n) is 9.34. The minimum atomic E-state index is -4.28. The Morgan fingerprint density at radius 1 is 1.07 bits per heavy atom. The van der Waals surface area contributed by atoms with E-state index in [0.717, 1.165) is 13.1 Å². The van der Waals surface area contributed by atoms with Crippen LogP contribution in [0, 0.1) is 0 Å². The maximum atomic E-state index is 12.2. The number of nitrogens with one attached hydrogen (secondary N) is 1. The van der Waals surface area contributed by atoms with Gasteiger partial charge >= 0.3 is 12.1 Å². The number of amides is 1. The Morgan fingerprint density at radius 3 is 2.28 bits per heavy atom. The van der Waals surface area contributed by atoms with Gasteiger partial charge in [-0.2, -0.15) is 13.2 Å². The molecular weight excluding hydrogens is 391 g/mol. The third-order valence-corrected chi connectivity index (χ3v) is 4.45. The Morgan fingerprint density at radius 2 is 1.69 bits per heavy atom. The van der Waals surface area contributed by atoms with Crippen molar-refractivity contribution in [3.05, 3.63) is 29.8 Å². The maximum Gasteiger partial charge on any atom is 0.411 e. The number of anilines is 1. The van der Waals surface area contributed by atoms with Crippen molar-refractivity contribution in [2.24, 2.45) is 0 Å². The van der Waals surface area contributed by atoms with Crippen molar-refractivity contribution >= 4 is 17.6 Å². The normalized spacial score (nSPS) is 15.9. The zero-order chi connectivity index (χ0) is 21.3. The van der Waals surface area contributed by atoms with Gasteiger partial charge in [-0.05, 0) is 30.7 Å². The van der Waals surface area contributed by atoms with Gasteiger partial charge in [-0.15, -0.1) is 0 Å². The van der Waals surface area contributed by atoms with Gasteiger partial charge in [0.15, 0.2) is 0 Å². The quantitative estimate of drug-likeness (QED) is 0.490. The Hall–Kier alpha value is -2.17. The van der Waals surface area contributed by atoms with Crippen LogP contribution in [0.25, 0.3) is 0 Å². The molecule has 1 aliphatic rings. The minimum absolute atomic E-state index is 0.0803. The molecule has 1 saturated heterocycles. The molecule has 29 heavy (non-hydrogen) atoms. The highest BCUT2D eigenvalue weighted by Crippen LogP contribution is 2.14. The van der Waals surface area contributed by atoms with Crippen molar-refractivity contribution < 1.29 is 32.2 Å². The molecule has 0 atom stereocenters. The van der Waals surface area contributed by atoms with E-state index in [4.69, 9.17) is 0 Å². The van der Waals surface area contributed by atoms with E-state index in [1.54, 1.807) is 24.3 Å². The monoisotopic (exact) mass is 417 g/mol. The highest BCUT2D eigenvalue weighted by molar-refractivity contribution is 5.93. The van der Waals surface area contributed by atoms with Crippen LogP contribution in [0.3, 0.4) is 0 Å². The fraction of sp³-hybridized carbons (Fsp3) is 0.579. The first kappa shape index (κ1) is 23.1. The molecule has 1 fully saturated rings. The molecule has 1 N–H and O–H groups in total. The van der Waals surface area contributed by atoms with E-state index >= 15 is 0 Å². The van der Waals surface area contributed by atoms with Gasteiger partial charge in [0.2, 0.25) is 5.91 Å². The number of alkyl halides is 3. The van der Waals surface area contributed by atoms with Crippen LogP contribution in [0.2, 0.25) is 0 Å². The molecule has 162 valence electrons. The summed E-state index contributed by atoms with van der Waals surface area (Å²) in [5.41, 5.74) is 1.01. The second-order valence-electron chi connectivity index (χ2n) is 6.76. The van der Waals surface area contributed by atoms with Crippen LogP contribution in [0.15, 0.2) is 24.3 Å². The standard InChI is InChI=1S/C19H26F3N3O4/c1-28-18(27)15-3-5-16(6-4-15)23-17(26)13-25-10-8-24(9-11-25)7-2-12-29-14-19(20,21)22/h3-6H,2,7-14H2,1H3,(H,23,26). The van der Waals surface area contributed by atoms with Gasteiger partial charge in [0, 0.05) is 45.0 Å². The maximum absolute atomic E-state index is 12.2. The molecule has 1 amide bonds. The molecule has 0 unspecified atom stereocenters. The fourth-order valence-corrected chi connectivity index (χ4v) is 2.96. The van der Waals surface area contributed by atoms with E-state index in [0.29, 0.717) is 37.3 Å². The number of hydrogen-bond donors (Lipinski definition) is 1.